The topological polar surface area (TPSA) is 26.3 Å². The zero-order chi connectivity index (χ0) is 15.5. The molecule has 110 valence electrons. The fourth-order valence-electron chi connectivity index (χ4n) is 1.97. The number of alkyl halides is 3. The quantitative estimate of drug-likeness (QED) is 0.792. The van der Waals surface area contributed by atoms with E-state index in [-0.39, 0.29) is 17.8 Å². The molecule has 0 saturated carbocycles. The van der Waals surface area contributed by atoms with E-state index in [9.17, 15) is 18.0 Å². The lowest BCUT2D eigenvalue weighted by Gasteiger charge is -2.09. The molecule has 0 bridgehead atoms. The molecule has 0 N–H and O–H groups in total. The van der Waals surface area contributed by atoms with Gasteiger partial charge in [0.2, 0.25) is 0 Å². The van der Waals surface area contributed by atoms with Crippen LogP contribution in [0.1, 0.15) is 21.5 Å². The normalized spacial score (nSPS) is 11.2. The highest BCUT2D eigenvalue weighted by Gasteiger charge is 2.30. The molecule has 0 aliphatic carbocycles. The Labute approximate surface area is 120 Å². The van der Waals surface area contributed by atoms with Crippen molar-refractivity contribution in [3.05, 3.63) is 65.2 Å². The van der Waals surface area contributed by atoms with Crippen LogP contribution in [0.2, 0.25) is 0 Å². The maximum atomic E-state index is 12.5. The van der Waals surface area contributed by atoms with Gasteiger partial charge in [0, 0.05) is 17.5 Å². The number of para-hydroxylation sites is 1. The number of benzene rings is 2. The lowest BCUT2D eigenvalue weighted by molar-refractivity contribution is -0.137. The van der Waals surface area contributed by atoms with E-state index in [0.717, 1.165) is 12.1 Å². The van der Waals surface area contributed by atoms with Gasteiger partial charge in [-0.05, 0) is 18.2 Å². The van der Waals surface area contributed by atoms with Crippen LogP contribution in [0.15, 0.2) is 48.5 Å². The molecule has 0 aromatic heterocycles. The summed E-state index contributed by atoms with van der Waals surface area (Å²) in [6, 6.07) is 11.3. The fraction of sp³-hybridized carbons (Fsp3) is 0.188. The summed E-state index contributed by atoms with van der Waals surface area (Å²) in [4.78, 5) is 12.1. The van der Waals surface area contributed by atoms with Crippen LogP contribution in [0.5, 0.6) is 5.75 Å². The molecule has 0 saturated heterocycles. The van der Waals surface area contributed by atoms with Gasteiger partial charge >= 0.3 is 6.18 Å². The van der Waals surface area contributed by atoms with Crippen molar-refractivity contribution in [3.8, 4) is 5.75 Å². The van der Waals surface area contributed by atoms with Crippen molar-refractivity contribution in [1.82, 2.24) is 0 Å². The van der Waals surface area contributed by atoms with E-state index in [2.05, 4.69) is 0 Å². The van der Waals surface area contributed by atoms with Crippen molar-refractivity contribution in [3.63, 3.8) is 0 Å². The molecule has 5 heteroatoms. The lowest BCUT2D eigenvalue weighted by atomic mass is 10.0. The standard InChI is InChI=1S/C16H13F3O2/c1-21-15-5-3-2-4-12(15)10-14(20)11-6-8-13(9-7-11)16(17,18)19/h2-9H,10H2,1H3. The van der Waals surface area contributed by atoms with Gasteiger partial charge in [-0.1, -0.05) is 30.3 Å². The predicted molar refractivity (Wildman–Crippen MR) is 72.5 cm³/mol. The summed E-state index contributed by atoms with van der Waals surface area (Å²) in [6.07, 6.45) is -4.32. The van der Waals surface area contributed by atoms with Crippen molar-refractivity contribution in [1.29, 1.82) is 0 Å². The molecule has 2 aromatic rings. The molecule has 2 nitrogen and oxygen atoms in total. The second kappa shape index (κ2) is 5.99. The largest absolute Gasteiger partial charge is 0.496 e. The Morgan fingerprint density at radius 3 is 2.24 bits per heavy atom. The van der Waals surface area contributed by atoms with Crippen molar-refractivity contribution in [2.45, 2.75) is 12.6 Å². The van der Waals surface area contributed by atoms with Crippen LogP contribution in [0.3, 0.4) is 0 Å². The monoisotopic (exact) mass is 294 g/mol. The summed E-state index contributed by atoms with van der Waals surface area (Å²) >= 11 is 0. The third-order valence-electron chi connectivity index (χ3n) is 3.08. The molecule has 0 aliphatic rings. The van der Waals surface area contributed by atoms with Crippen LogP contribution in [0, 0.1) is 0 Å². The highest BCUT2D eigenvalue weighted by molar-refractivity contribution is 5.97. The molecule has 0 spiro atoms. The zero-order valence-corrected chi connectivity index (χ0v) is 11.3. The third kappa shape index (κ3) is 3.62. The van der Waals surface area contributed by atoms with E-state index in [1.165, 1.54) is 19.2 Å². The average Bonchev–Trinajstić information content (AvgIpc) is 2.47. The van der Waals surface area contributed by atoms with Crippen molar-refractivity contribution in [2.75, 3.05) is 7.11 Å². The van der Waals surface area contributed by atoms with Crippen molar-refractivity contribution in [2.24, 2.45) is 0 Å². The summed E-state index contributed by atoms with van der Waals surface area (Å²) in [7, 11) is 1.50. The van der Waals surface area contributed by atoms with Gasteiger partial charge in [0.25, 0.3) is 0 Å². The molecule has 0 unspecified atom stereocenters. The first-order valence-electron chi connectivity index (χ1n) is 6.24. The molecule has 2 rings (SSSR count). The second-order valence-corrected chi connectivity index (χ2v) is 4.49. The van der Waals surface area contributed by atoms with E-state index in [1.807, 2.05) is 0 Å². The Hall–Kier alpha value is -2.30. The van der Waals surface area contributed by atoms with Crippen LogP contribution < -0.4 is 4.74 Å². The van der Waals surface area contributed by atoms with Gasteiger partial charge in [-0.25, -0.2) is 0 Å². The Kier molecular flexibility index (Phi) is 4.31. The predicted octanol–water partition coefficient (Wildman–Crippen LogP) is 4.14. The molecular formula is C16H13F3O2. The zero-order valence-electron chi connectivity index (χ0n) is 11.3. The minimum absolute atomic E-state index is 0.0787. The average molecular weight is 294 g/mol. The minimum atomic E-state index is -4.40. The van der Waals surface area contributed by atoms with E-state index in [1.54, 1.807) is 24.3 Å². The Balaban J connectivity index is 2.17. The summed E-state index contributed by atoms with van der Waals surface area (Å²) in [5.41, 5.74) is 0.176. The van der Waals surface area contributed by atoms with E-state index < -0.39 is 11.7 Å². The molecule has 0 fully saturated rings. The van der Waals surface area contributed by atoms with Crippen LogP contribution in [0.25, 0.3) is 0 Å². The van der Waals surface area contributed by atoms with Crippen LogP contribution in [0.4, 0.5) is 13.2 Å². The summed E-state index contributed by atoms with van der Waals surface area (Å²) in [6.45, 7) is 0. The van der Waals surface area contributed by atoms with Crippen LogP contribution >= 0.6 is 0 Å². The Morgan fingerprint density at radius 2 is 1.67 bits per heavy atom. The molecule has 0 heterocycles. The van der Waals surface area contributed by atoms with E-state index in [0.29, 0.717) is 11.3 Å². The highest BCUT2D eigenvalue weighted by Crippen LogP contribution is 2.29. The minimum Gasteiger partial charge on any atom is -0.496 e. The smallest absolute Gasteiger partial charge is 0.416 e. The number of halogens is 3. The number of rotatable bonds is 4. The van der Waals surface area contributed by atoms with E-state index in [4.69, 9.17) is 4.74 Å². The van der Waals surface area contributed by atoms with Crippen LogP contribution in [-0.2, 0) is 12.6 Å². The van der Waals surface area contributed by atoms with Crippen molar-refractivity contribution < 1.29 is 22.7 Å². The van der Waals surface area contributed by atoms with Gasteiger partial charge in [0.05, 0.1) is 12.7 Å². The first-order chi connectivity index (χ1) is 9.91. The molecule has 0 aliphatic heterocycles. The fourth-order valence-corrected chi connectivity index (χ4v) is 1.97. The van der Waals surface area contributed by atoms with Crippen LogP contribution in [-0.4, -0.2) is 12.9 Å². The molecule has 0 atom stereocenters. The molecular weight excluding hydrogens is 281 g/mol. The van der Waals surface area contributed by atoms with Gasteiger partial charge in [-0.3, -0.25) is 4.79 Å². The maximum Gasteiger partial charge on any atom is 0.416 e. The number of ketones is 1. The third-order valence-corrected chi connectivity index (χ3v) is 3.08. The molecule has 21 heavy (non-hydrogen) atoms. The van der Waals surface area contributed by atoms with Gasteiger partial charge in [0.1, 0.15) is 5.75 Å². The number of Topliss-reactive ketones (excluding diaryl/α,β-unsaturated/α-hetero) is 1. The lowest BCUT2D eigenvalue weighted by Crippen LogP contribution is -2.08. The molecule has 0 radical (unpaired) electrons. The second-order valence-electron chi connectivity index (χ2n) is 4.49. The SMILES string of the molecule is COc1ccccc1CC(=O)c1ccc(C(F)(F)F)cc1. The Morgan fingerprint density at radius 1 is 1.05 bits per heavy atom. The van der Waals surface area contributed by atoms with Gasteiger partial charge in [0.15, 0.2) is 5.78 Å². The first-order valence-corrected chi connectivity index (χ1v) is 6.24. The summed E-state index contributed by atoms with van der Waals surface area (Å²) in [5, 5.41) is 0. The van der Waals surface area contributed by atoms with Gasteiger partial charge < -0.3 is 4.74 Å². The summed E-state index contributed by atoms with van der Waals surface area (Å²) < 4.78 is 42.5. The number of hydrogen-bond acceptors (Lipinski definition) is 2. The van der Waals surface area contributed by atoms with E-state index >= 15 is 0 Å². The first kappa shape index (κ1) is 15.1. The molecule has 2 aromatic carbocycles. The number of methoxy groups -OCH3 is 1. The number of ether oxygens (including phenoxy) is 1. The summed E-state index contributed by atoms with van der Waals surface area (Å²) in [5.74, 6) is 0.325. The molecule has 0 amide bonds. The highest BCUT2D eigenvalue weighted by atomic mass is 19.4. The van der Waals surface area contributed by atoms with Crippen molar-refractivity contribution >= 4 is 5.78 Å². The number of carbonyl (C=O) groups excluding carboxylic acids is 1. The maximum absolute atomic E-state index is 12.5. The Bertz CT molecular complexity index is 631. The number of carbonyl (C=O) groups is 1. The number of hydrogen-bond donors (Lipinski definition) is 0. The van der Waals surface area contributed by atoms with Gasteiger partial charge in [-0.2, -0.15) is 13.2 Å². The van der Waals surface area contributed by atoms with Gasteiger partial charge in [-0.15, -0.1) is 0 Å².